The Morgan fingerprint density at radius 1 is 1.44 bits per heavy atom. The highest BCUT2D eigenvalue weighted by atomic mass is 19.1. The van der Waals surface area contributed by atoms with Crippen LogP contribution >= 0.6 is 0 Å². The van der Waals surface area contributed by atoms with Gasteiger partial charge in [0, 0.05) is 0 Å². The van der Waals surface area contributed by atoms with E-state index in [9.17, 15) is 9.18 Å². The average Bonchev–Trinajstić information content (AvgIpc) is 2.35. The van der Waals surface area contributed by atoms with Crippen LogP contribution in [0.1, 0.15) is 13.8 Å². The maximum Gasteiger partial charge on any atom is 0.237 e. The quantitative estimate of drug-likeness (QED) is 0.752. The van der Waals surface area contributed by atoms with Crippen molar-refractivity contribution in [2.45, 2.75) is 19.9 Å². The molecule has 1 rings (SSSR count). The maximum absolute atomic E-state index is 13.2. The van der Waals surface area contributed by atoms with Crippen LogP contribution in [0.2, 0.25) is 0 Å². The number of rotatable bonds is 6. The van der Waals surface area contributed by atoms with Gasteiger partial charge in [-0.15, -0.1) is 0 Å². The van der Waals surface area contributed by atoms with Crippen molar-refractivity contribution in [2.75, 3.05) is 13.2 Å². The number of carbonyl (C=O) groups excluding carboxylic acids is 1. The Labute approximate surface area is 106 Å². The normalized spacial score (nSPS) is 12.3. The minimum absolute atomic E-state index is 0.0810. The number of hydrogen-bond donors (Lipinski definition) is 2. The molecular formula is C13H19FN2O2. The summed E-state index contributed by atoms with van der Waals surface area (Å²) < 4.78 is 18.4. The number of para-hydroxylation sites is 1. The van der Waals surface area contributed by atoms with E-state index in [2.05, 4.69) is 5.32 Å². The average molecular weight is 254 g/mol. The second kappa shape index (κ2) is 6.96. The van der Waals surface area contributed by atoms with E-state index in [0.717, 1.165) is 0 Å². The lowest BCUT2D eigenvalue weighted by Crippen LogP contribution is -2.45. The van der Waals surface area contributed by atoms with Crippen molar-refractivity contribution in [1.29, 1.82) is 0 Å². The minimum Gasteiger partial charge on any atom is -0.489 e. The maximum atomic E-state index is 13.2. The third-order valence-electron chi connectivity index (χ3n) is 2.52. The lowest BCUT2D eigenvalue weighted by atomic mass is 10.1. The largest absolute Gasteiger partial charge is 0.489 e. The van der Waals surface area contributed by atoms with Crippen molar-refractivity contribution < 1.29 is 13.9 Å². The van der Waals surface area contributed by atoms with Crippen LogP contribution in [0.5, 0.6) is 5.75 Å². The first-order valence-electron chi connectivity index (χ1n) is 5.93. The zero-order chi connectivity index (χ0) is 13.5. The molecule has 3 N–H and O–H groups in total. The first-order valence-corrected chi connectivity index (χ1v) is 5.93. The SMILES string of the molecule is CC(C)C(N)C(=O)NCCOc1ccccc1F. The van der Waals surface area contributed by atoms with Gasteiger partial charge in [-0.3, -0.25) is 4.79 Å². The van der Waals surface area contributed by atoms with Gasteiger partial charge >= 0.3 is 0 Å². The van der Waals surface area contributed by atoms with Crippen molar-refractivity contribution >= 4 is 5.91 Å². The molecule has 1 atom stereocenters. The summed E-state index contributed by atoms with van der Waals surface area (Å²) in [4.78, 5) is 11.5. The molecular weight excluding hydrogens is 235 g/mol. The fourth-order valence-electron chi connectivity index (χ4n) is 1.32. The molecule has 0 aliphatic heterocycles. The lowest BCUT2D eigenvalue weighted by Gasteiger charge is -2.15. The molecule has 0 heterocycles. The molecule has 0 aliphatic carbocycles. The van der Waals surface area contributed by atoms with Crippen LogP contribution in [-0.4, -0.2) is 25.1 Å². The Bertz CT molecular complexity index is 396. The number of amides is 1. The monoisotopic (exact) mass is 254 g/mol. The van der Waals surface area contributed by atoms with Gasteiger partial charge in [-0.05, 0) is 18.1 Å². The topological polar surface area (TPSA) is 64.4 Å². The molecule has 18 heavy (non-hydrogen) atoms. The Balaban J connectivity index is 2.27. The van der Waals surface area contributed by atoms with E-state index >= 15 is 0 Å². The third kappa shape index (κ3) is 4.33. The summed E-state index contributed by atoms with van der Waals surface area (Å²) in [6.45, 7) is 4.26. The Morgan fingerprint density at radius 2 is 2.11 bits per heavy atom. The summed E-state index contributed by atoms with van der Waals surface area (Å²) in [6, 6.07) is 5.61. The molecule has 0 fully saturated rings. The highest BCUT2D eigenvalue weighted by Crippen LogP contribution is 2.14. The second-order valence-electron chi connectivity index (χ2n) is 4.34. The van der Waals surface area contributed by atoms with Gasteiger partial charge in [-0.1, -0.05) is 26.0 Å². The predicted octanol–water partition coefficient (Wildman–Crippen LogP) is 1.30. The van der Waals surface area contributed by atoms with Crippen LogP contribution in [0.25, 0.3) is 0 Å². The van der Waals surface area contributed by atoms with E-state index in [1.807, 2.05) is 13.8 Å². The molecule has 0 saturated heterocycles. The highest BCUT2D eigenvalue weighted by molar-refractivity contribution is 5.81. The molecule has 1 unspecified atom stereocenters. The summed E-state index contributed by atoms with van der Waals surface area (Å²) in [5.74, 6) is -0.373. The molecule has 1 aromatic carbocycles. The van der Waals surface area contributed by atoms with E-state index in [0.29, 0.717) is 6.54 Å². The van der Waals surface area contributed by atoms with Crippen molar-refractivity contribution in [3.05, 3.63) is 30.1 Å². The third-order valence-corrected chi connectivity index (χ3v) is 2.52. The van der Waals surface area contributed by atoms with Crippen LogP contribution in [-0.2, 0) is 4.79 Å². The molecule has 1 amide bonds. The number of ether oxygens (including phenoxy) is 1. The smallest absolute Gasteiger partial charge is 0.237 e. The zero-order valence-electron chi connectivity index (χ0n) is 10.7. The molecule has 0 aliphatic rings. The number of nitrogens with one attached hydrogen (secondary N) is 1. The lowest BCUT2D eigenvalue weighted by molar-refractivity contribution is -0.123. The summed E-state index contributed by atoms with van der Waals surface area (Å²) in [7, 11) is 0. The van der Waals surface area contributed by atoms with Gasteiger partial charge in [0.1, 0.15) is 6.61 Å². The van der Waals surface area contributed by atoms with Gasteiger partial charge in [0.15, 0.2) is 11.6 Å². The summed E-state index contributed by atoms with van der Waals surface area (Å²) >= 11 is 0. The van der Waals surface area contributed by atoms with Crippen molar-refractivity contribution in [3.63, 3.8) is 0 Å². The van der Waals surface area contributed by atoms with Crippen molar-refractivity contribution in [2.24, 2.45) is 11.7 Å². The van der Waals surface area contributed by atoms with Crippen molar-refractivity contribution in [1.82, 2.24) is 5.32 Å². The molecule has 0 saturated carbocycles. The van der Waals surface area contributed by atoms with Gasteiger partial charge in [0.05, 0.1) is 12.6 Å². The molecule has 0 aromatic heterocycles. The van der Waals surface area contributed by atoms with Crippen LogP contribution in [0.15, 0.2) is 24.3 Å². The summed E-state index contributed by atoms with van der Waals surface area (Å²) in [5.41, 5.74) is 5.66. The first kappa shape index (κ1) is 14.4. The van der Waals surface area contributed by atoms with Crippen molar-refractivity contribution in [3.8, 4) is 5.75 Å². The molecule has 0 spiro atoms. The van der Waals surface area contributed by atoms with E-state index < -0.39 is 11.9 Å². The number of halogens is 1. The van der Waals surface area contributed by atoms with Crippen LogP contribution in [0.3, 0.4) is 0 Å². The van der Waals surface area contributed by atoms with Crippen LogP contribution in [0.4, 0.5) is 4.39 Å². The van der Waals surface area contributed by atoms with Gasteiger partial charge < -0.3 is 15.8 Å². The minimum atomic E-state index is -0.529. The Hall–Kier alpha value is -1.62. The second-order valence-corrected chi connectivity index (χ2v) is 4.34. The highest BCUT2D eigenvalue weighted by Gasteiger charge is 2.16. The number of carbonyl (C=O) groups is 1. The molecule has 0 bridgehead atoms. The summed E-state index contributed by atoms with van der Waals surface area (Å²) in [5, 5.41) is 2.64. The molecule has 5 heteroatoms. The van der Waals surface area contributed by atoms with E-state index in [1.165, 1.54) is 12.1 Å². The molecule has 0 radical (unpaired) electrons. The fraction of sp³-hybridized carbons (Fsp3) is 0.462. The first-order chi connectivity index (χ1) is 8.52. The van der Waals surface area contributed by atoms with E-state index in [4.69, 9.17) is 10.5 Å². The molecule has 1 aromatic rings. The standard InChI is InChI=1S/C13H19FN2O2/c1-9(2)12(15)13(17)16-7-8-18-11-6-4-3-5-10(11)14/h3-6,9,12H,7-8,15H2,1-2H3,(H,16,17). The number of nitrogens with two attached hydrogens (primary N) is 1. The number of hydrogen-bond acceptors (Lipinski definition) is 3. The molecule has 100 valence electrons. The Kier molecular flexibility index (Phi) is 5.58. The summed E-state index contributed by atoms with van der Waals surface area (Å²) in [6.07, 6.45) is 0. The van der Waals surface area contributed by atoms with Gasteiger partial charge in [-0.2, -0.15) is 0 Å². The Morgan fingerprint density at radius 3 is 2.72 bits per heavy atom. The van der Waals surface area contributed by atoms with Gasteiger partial charge in [0.2, 0.25) is 5.91 Å². The fourth-order valence-corrected chi connectivity index (χ4v) is 1.32. The number of benzene rings is 1. The van der Waals surface area contributed by atoms with Crippen LogP contribution in [0, 0.1) is 11.7 Å². The van der Waals surface area contributed by atoms with Gasteiger partial charge in [-0.25, -0.2) is 4.39 Å². The van der Waals surface area contributed by atoms with E-state index in [1.54, 1.807) is 12.1 Å². The molecule has 4 nitrogen and oxygen atoms in total. The zero-order valence-corrected chi connectivity index (χ0v) is 10.7. The predicted molar refractivity (Wildman–Crippen MR) is 67.7 cm³/mol. The van der Waals surface area contributed by atoms with Crippen LogP contribution < -0.4 is 15.8 Å². The van der Waals surface area contributed by atoms with E-state index in [-0.39, 0.29) is 24.2 Å². The van der Waals surface area contributed by atoms with Gasteiger partial charge in [0.25, 0.3) is 0 Å².